The van der Waals surface area contributed by atoms with Crippen LogP contribution in [0.5, 0.6) is 0 Å². The molecule has 0 amide bonds. The van der Waals surface area contributed by atoms with Crippen LogP contribution >= 0.6 is 53.7 Å². The van der Waals surface area contributed by atoms with Gasteiger partial charge < -0.3 is 4.74 Å². The van der Waals surface area contributed by atoms with E-state index in [1.165, 1.54) is 5.56 Å². The first-order valence-electron chi connectivity index (χ1n) is 16.2. The number of ether oxygens (including phenoxy) is 1. The van der Waals surface area contributed by atoms with Crippen LogP contribution in [0, 0.1) is 5.92 Å². The average molecular weight is 745 g/mol. The molecule has 3 nitrogen and oxygen atoms in total. The topological polar surface area (TPSA) is 43.4 Å². The summed E-state index contributed by atoms with van der Waals surface area (Å²) in [5.41, 5.74) is 2.53. The van der Waals surface area contributed by atoms with Crippen molar-refractivity contribution in [3.05, 3.63) is 169 Å². The molecule has 1 fully saturated rings. The van der Waals surface area contributed by atoms with Crippen LogP contribution in [0.15, 0.2) is 133 Å². The highest BCUT2D eigenvalue weighted by Gasteiger charge is 2.48. The van der Waals surface area contributed by atoms with Crippen LogP contribution < -0.4 is 15.9 Å². The molecule has 0 heterocycles. The second-order valence-corrected chi connectivity index (χ2v) is 17.7. The van der Waals surface area contributed by atoms with Gasteiger partial charge in [-0.05, 0) is 128 Å². The normalized spacial score (nSPS) is 18.0. The number of carbonyl (C=O) groups is 2. The van der Waals surface area contributed by atoms with Crippen molar-refractivity contribution in [1.29, 1.82) is 0 Å². The first-order valence-corrected chi connectivity index (χ1v) is 19.7. The Hall–Kier alpha value is -3.43. The Labute approximate surface area is 307 Å². The summed E-state index contributed by atoms with van der Waals surface area (Å²) in [4.78, 5) is 28.8. The van der Waals surface area contributed by atoms with Crippen molar-refractivity contribution in [1.82, 2.24) is 0 Å². The van der Waals surface area contributed by atoms with Gasteiger partial charge in [-0.1, -0.05) is 82.8 Å². The predicted molar refractivity (Wildman–Crippen MR) is 204 cm³/mol. The van der Waals surface area contributed by atoms with E-state index in [1.54, 1.807) is 18.2 Å². The second kappa shape index (κ2) is 14.4. The molecule has 0 unspecified atom stereocenters. The Kier molecular flexibility index (Phi) is 10.0. The molecule has 5 aromatic rings. The maximum atomic E-state index is 14.4. The van der Waals surface area contributed by atoms with Gasteiger partial charge in [-0.25, -0.2) is 0 Å². The second-order valence-electron chi connectivity index (χ2n) is 12.6. The Morgan fingerprint density at radius 2 is 0.898 bits per heavy atom. The van der Waals surface area contributed by atoms with Crippen molar-refractivity contribution in [2.45, 2.75) is 31.6 Å². The van der Waals surface area contributed by atoms with E-state index in [-0.39, 0.29) is 29.6 Å². The molecule has 0 saturated heterocycles. The first-order chi connectivity index (χ1) is 23.7. The number of Topliss-reactive ketones (excluding diaryl/α,β-unsaturated/α-hetero) is 2. The molecule has 0 atom stereocenters. The number of allylic oxidation sites excluding steroid dienone is 2. The van der Waals surface area contributed by atoms with Gasteiger partial charge in [0, 0.05) is 36.8 Å². The molecular formula is C41H32Cl4O3P+. The third-order valence-corrected chi connectivity index (χ3v) is 14.9. The average Bonchev–Trinajstić information content (AvgIpc) is 3.13. The molecule has 1 saturated carbocycles. The minimum Gasteiger partial charge on any atom is -0.454 e. The van der Waals surface area contributed by atoms with Gasteiger partial charge in [0.15, 0.2) is 18.8 Å². The van der Waals surface area contributed by atoms with E-state index in [4.69, 9.17) is 51.1 Å². The fourth-order valence-electron chi connectivity index (χ4n) is 7.26. The molecule has 0 bridgehead atoms. The van der Waals surface area contributed by atoms with E-state index in [0.717, 1.165) is 41.6 Å². The number of rotatable bonds is 8. The van der Waals surface area contributed by atoms with Crippen molar-refractivity contribution in [2.75, 3.05) is 6.35 Å². The SMILES string of the molecule is O=C1C(OC[P+](c2ccc(Cl)cc2)(c2ccc(Cl)cc2)c2ccc(Cl)cc2)=C(C2CCC(c3ccc(Cl)cc3)CC2)C(=O)c2ccccc21. The third kappa shape index (κ3) is 6.73. The van der Waals surface area contributed by atoms with Crippen LogP contribution in [0.1, 0.15) is 57.9 Å². The molecule has 2 aliphatic carbocycles. The van der Waals surface area contributed by atoms with Gasteiger partial charge in [-0.2, -0.15) is 0 Å². The highest BCUT2D eigenvalue weighted by molar-refractivity contribution is 7.95. The molecule has 0 radical (unpaired) electrons. The van der Waals surface area contributed by atoms with E-state index in [0.29, 0.717) is 42.7 Å². The minimum absolute atomic E-state index is 0.113. The lowest BCUT2D eigenvalue weighted by atomic mass is 9.72. The molecule has 2 aliphatic rings. The summed E-state index contributed by atoms with van der Waals surface area (Å²) >= 11 is 25.3. The lowest BCUT2D eigenvalue weighted by molar-refractivity contribution is 0.0882. The largest absolute Gasteiger partial charge is 0.454 e. The molecule has 8 heteroatoms. The lowest BCUT2D eigenvalue weighted by Gasteiger charge is -2.33. The first kappa shape index (κ1) is 34.0. The fourth-order valence-corrected chi connectivity index (χ4v) is 11.4. The zero-order valence-corrected chi connectivity index (χ0v) is 30.3. The van der Waals surface area contributed by atoms with E-state index >= 15 is 0 Å². The van der Waals surface area contributed by atoms with Gasteiger partial charge in [0.1, 0.15) is 15.9 Å². The number of halogens is 4. The number of hydrogen-bond acceptors (Lipinski definition) is 3. The monoisotopic (exact) mass is 743 g/mol. The van der Waals surface area contributed by atoms with Crippen LogP contribution in [0.4, 0.5) is 0 Å². The van der Waals surface area contributed by atoms with Gasteiger partial charge in [0.05, 0.1) is 0 Å². The molecule has 246 valence electrons. The van der Waals surface area contributed by atoms with Gasteiger partial charge in [0.25, 0.3) is 0 Å². The number of fused-ring (bicyclic) bond motifs is 1. The summed E-state index contributed by atoms with van der Waals surface area (Å²) < 4.78 is 6.88. The van der Waals surface area contributed by atoms with Crippen molar-refractivity contribution in [3.8, 4) is 0 Å². The maximum Gasteiger partial charge on any atom is 0.228 e. The standard InChI is InChI=1S/C41H32Cl4O3P/c42-29-11-9-27(10-12-29)26-5-7-28(8-6-26)38-39(46)36-3-1-2-4-37(36)40(47)41(38)48-25-49(33-19-13-30(43)14-20-33,34-21-15-31(44)16-22-34)35-23-17-32(45)18-24-35/h1-4,9-24,26,28H,5-8,25H2/q+1. The van der Waals surface area contributed by atoms with Gasteiger partial charge >= 0.3 is 0 Å². The van der Waals surface area contributed by atoms with Gasteiger partial charge in [-0.15, -0.1) is 0 Å². The van der Waals surface area contributed by atoms with Crippen LogP contribution in [-0.4, -0.2) is 17.9 Å². The predicted octanol–water partition coefficient (Wildman–Crippen LogP) is 10.9. The molecule has 0 N–H and O–H groups in total. The minimum atomic E-state index is -2.64. The zero-order chi connectivity index (χ0) is 34.1. The summed E-state index contributed by atoms with van der Waals surface area (Å²) in [7, 11) is -2.64. The molecule has 0 aliphatic heterocycles. The van der Waals surface area contributed by atoms with E-state index in [2.05, 4.69) is 12.1 Å². The van der Waals surface area contributed by atoms with Crippen molar-refractivity contribution >= 4 is 81.1 Å². The van der Waals surface area contributed by atoms with E-state index < -0.39 is 7.26 Å². The molecule has 49 heavy (non-hydrogen) atoms. The van der Waals surface area contributed by atoms with Crippen LogP contribution in [0.3, 0.4) is 0 Å². The van der Waals surface area contributed by atoms with E-state index in [1.807, 2.05) is 91.0 Å². The highest BCUT2D eigenvalue weighted by Crippen LogP contribution is 2.56. The molecule has 7 rings (SSSR count). The van der Waals surface area contributed by atoms with Crippen LogP contribution in [0.2, 0.25) is 20.1 Å². The van der Waals surface area contributed by atoms with E-state index in [9.17, 15) is 9.59 Å². The van der Waals surface area contributed by atoms with Gasteiger partial charge in [-0.3, -0.25) is 9.59 Å². The molecular weight excluding hydrogens is 713 g/mol. The summed E-state index contributed by atoms with van der Waals surface area (Å²) in [6, 6.07) is 38.4. The molecule has 0 aromatic heterocycles. The summed E-state index contributed by atoms with van der Waals surface area (Å²) in [6.45, 7) is 0. The van der Waals surface area contributed by atoms with Crippen LogP contribution in [-0.2, 0) is 4.74 Å². The summed E-state index contributed by atoms with van der Waals surface area (Å²) in [5, 5.41) is 5.55. The van der Waals surface area contributed by atoms with Crippen molar-refractivity contribution in [3.63, 3.8) is 0 Å². The number of carbonyl (C=O) groups excluding carboxylic acids is 2. The molecule has 5 aromatic carbocycles. The smallest absolute Gasteiger partial charge is 0.228 e. The Balaban J connectivity index is 1.33. The Bertz CT molecular complexity index is 1920. The Morgan fingerprint density at radius 1 is 0.510 bits per heavy atom. The lowest BCUT2D eigenvalue weighted by Crippen LogP contribution is -2.36. The number of hydrogen-bond donors (Lipinski definition) is 0. The van der Waals surface area contributed by atoms with Crippen molar-refractivity contribution < 1.29 is 14.3 Å². The van der Waals surface area contributed by atoms with Crippen molar-refractivity contribution in [2.24, 2.45) is 5.92 Å². The fraction of sp³-hybridized carbons (Fsp3) is 0.171. The zero-order valence-electron chi connectivity index (χ0n) is 26.4. The summed E-state index contributed by atoms with van der Waals surface area (Å²) in [5.74, 6) is 0.0102. The number of benzene rings is 5. The van der Waals surface area contributed by atoms with Gasteiger partial charge in [0.2, 0.25) is 12.1 Å². The third-order valence-electron chi connectivity index (χ3n) is 9.79. The Morgan fingerprint density at radius 3 is 1.35 bits per heavy atom. The van der Waals surface area contributed by atoms with Crippen LogP contribution in [0.25, 0.3) is 0 Å². The maximum absolute atomic E-state index is 14.4. The molecule has 0 spiro atoms. The summed E-state index contributed by atoms with van der Waals surface area (Å²) in [6.07, 6.45) is 3.45. The number of ketones is 2. The quantitative estimate of drug-likeness (QED) is 0.149. The highest BCUT2D eigenvalue weighted by atomic mass is 35.5.